The smallest absolute Gasteiger partial charge is 0.374 e. The molecule has 0 saturated heterocycles. The number of rotatable bonds is 3. The summed E-state index contributed by atoms with van der Waals surface area (Å²) in [5.74, 6) is 1.37. The molecule has 0 heterocycles. The molecular weight excluding hydrogens is 442 g/mol. The molecule has 0 amide bonds. The zero-order chi connectivity index (χ0) is 24.2. The van der Waals surface area contributed by atoms with Crippen molar-refractivity contribution in [1.82, 2.24) is 0 Å². The van der Waals surface area contributed by atoms with Crippen LogP contribution in [0.15, 0.2) is 0 Å². The van der Waals surface area contributed by atoms with Crippen molar-refractivity contribution in [1.29, 1.82) is 0 Å². The first-order valence-electron chi connectivity index (χ1n) is 12.6. The maximum absolute atomic E-state index is 13.5. The zero-order valence-electron chi connectivity index (χ0n) is 19.9. The van der Waals surface area contributed by atoms with Gasteiger partial charge in [0.15, 0.2) is 0 Å². The van der Waals surface area contributed by atoms with E-state index in [1.807, 2.05) is 13.8 Å². The van der Waals surface area contributed by atoms with Crippen LogP contribution >= 0.6 is 0 Å². The summed E-state index contributed by atoms with van der Waals surface area (Å²) in [7, 11) is 0. The normalized spacial score (nSPS) is 65.2. The van der Waals surface area contributed by atoms with Gasteiger partial charge in [0.05, 0.1) is 0 Å². The second kappa shape index (κ2) is 4.12. The van der Waals surface area contributed by atoms with Gasteiger partial charge in [-0.05, 0) is 98.6 Å². The Balaban J connectivity index is 1.15. The molecule has 0 aliphatic heterocycles. The third-order valence-electron chi connectivity index (χ3n) is 15.5. The minimum atomic E-state index is -5.72. The highest BCUT2D eigenvalue weighted by molar-refractivity contribution is 5.65. The summed E-state index contributed by atoms with van der Waals surface area (Å²) in [5.41, 5.74) is -3.95. The van der Waals surface area contributed by atoms with Crippen LogP contribution in [0, 0.1) is 72.9 Å². The molecule has 0 aromatic carbocycles. The lowest BCUT2D eigenvalue weighted by atomic mass is 9.45. The Morgan fingerprint density at radius 1 is 0.667 bits per heavy atom. The summed E-state index contributed by atoms with van der Waals surface area (Å²) in [6.45, 7) is 13.7. The van der Waals surface area contributed by atoms with E-state index in [1.165, 1.54) is 12.8 Å². The summed E-state index contributed by atoms with van der Waals surface area (Å²) in [6.07, 6.45) is -9.73. The van der Waals surface area contributed by atoms with Crippen LogP contribution in [0.4, 0.5) is 26.3 Å². The van der Waals surface area contributed by atoms with E-state index in [-0.39, 0.29) is 27.6 Å². The van der Waals surface area contributed by atoms with Gasteiger partial charge in [-0.1, -0.05) is 41.5 Å². The van der Waals surface area contributed by atoms with Crippen molar-refractivity contribution in [2.24, 2.45) is 72.9 Å². The number of hydrogen-bond donors (Lipinski definition) is 1. The Morgan fingerprint density at radius 2 is 1.15 bits per heavy atom. The van der Waals surface area contributed by atoms with E-state index in [1.54, 1.807) is 0 Å². The fourth-order valence-corrected chi connectivity index (χ4v) is 14.9. The van der Waals surface area contributed by atoms with Crippen LogP contribution in [0.5, 0.6) is 0 Å². The van der Waals surface area contributed by atoms with Crippen LogP contribution in [0.3, 0.4) is 0 Å². The molecule has 8 aliphatic rings. The van der Waals surface area contributed by atoms with E-state index in [9.17, 15) is 31.4 Å². The number of halogens is 6. The Labute approximate surface area is 190 Å². The molecule has 0 aromatic heterocycles. The van der Waals surface area contributed by atoms with E-state index in [0.717, 1.165) is 5.92 Å². The Bertz CT molecular complexity index is 1080. The maximum Gasteiger partial charge on any atom is 0.426 e. The van der Waals surface area contributed by atoms with Gasteiger partial charge in [-0.15, -0.1) is 0 Å². The summed E-state index contributed by atoms with van der Waals surface area (Å²) in [6, 6.07) is 0. The summed E-state index contributed by atoms with van der Waals surface area (Å²) < 4.78 is 81.1. The lowest BCUT2D eigenvalue weighted by molar-refractivity contribution is -0.378. The zero-order valence-corrected chi connectivity index (χ0v) is 19.9. The van der Waals surface area contributed by atoms with Crippen molar-refractivity contribution < 1.29 is 31.4 Å². The van der Waals surface area contributed by atoms with E-state index < -0.39 is 35.7 Å². The molecule has 4 spiro atoms. The monoisotopic (exact) mass is 474 g/mol. The molecule has 184 valence electrons. The van der Waals surface area contributed by atoms with Crippen molar-refractivity contribution in [2.45, 2.75) is 85.2 Å². The second-order valence-corrected chi connectivity index (χ2v) is 15.0. The number of fused-ring (bicyclic) bond motifs is 2. The number of aliphatic hydroxyl groups is 1. The SMILES string of the molecule is CC1(C)C2C3C(C)(C4(C)C5C6C(C)(C)C67C(CC(O)(C(F)(F)F)C(F)(F)F)CC547)C34CCC214. The number of alkyl halides is 6. The van der Waals surface area contributed by atoms with Gasteiger partial charge >= 0.3 is 12.4 Å². The molecule has 7 heteroatoms. The van der Waals surface area contributed by atoms with Gasteiger partial charge in [-0.3, -0.25) is 0 Å². The first kappa shape index (κ1) is 20.7. The minimum absolute atomic E-state index is 0.0346. The van der Waals surface area contributed by atoms with E-state index in [4.69, 9.17) is 0 Å². The van der Waals surface area contributed by atoms with Crippen LogP contribution in [0.1, 0.15) is 67.2 Å². The van der Waals surface area contributed by atoms with Crippen LogP contribution in [-0.2, 0) is 0 Å². The lowest BCUT2D eigenvalue weighted by Crippen LogP contribution is -2.62. The highest BCUT2D eigenvalue weighted by Crippen LogP contribution is 3.22. The maximum atomic E-state index is 13.5. The molecule has 11 unspecified atom stereocenters. The molecule has 8 aliphatic carbocycles. The van der Waals surface area contributed by atoms with Crippen molar-refractivity contribution in [3.8, 4) is 0 Å². The van der Waals surface area contributed by atoms with Crippen molar-refractivity contribution in [2.75, 3.05) is 0 Å². The molecule has 0 bridgehead atoms. The summed E-state index contributed by atoms with van der Waals surface area (Å²) >= 11 is 0. The highest BCUT2D eigenvalue weighted by Gasteiger charge is 3.19. The van der Waals surface area contributed by atoms with Gasteiger partial charge in [-0.2, -0.15) is 26.3 Å². The van der Waals surface area contributed by atoms with Gasteiger partial charge in [0.1, 0.15) is 0 Å². The topological polar surface area (TPSA) is 20.2 Å². The summed E-state index contributed by atoms with van der Waals surface area (Å²) in [4.78, 5) is 0. The molecule has 0 radical (unpaired) electrons. The second-order valence-electron chi connectivity index (χ2n) is 15.0. The van der Waals surface area contributed by atoms with Crippen molar-refractivity contribution in [3.63, 3.8) is 0 Å². The molecule has 33 heavy (non-hydrogen) atoms. The predicted octanol–water partition coefficient (Wildman–Crippen LogP) is 6.60. The minimum Gasteiger partial charge on any atom is -0.374 e. The average Bonchev–Trinajstić information content (AvgIpc) is 3.52. The van der Waals surface area contributed by atoms with Gasteiger partial charge in [0, 0.05) is 0 Å². The Hall–Kier alpha value is -0.460. The van der Waals surface area contributed by atoms with Gasteiger partial charge in [0.25, 0.3) is 5.60 Å². The largest absolute Gasteiger partial charge is 0.426 e. The quantitative estimate of drug-likeness (QED) is 0.457. The van der Waals surface area contributed by atoms with Crippen LogP contribution in [0.25, 0.3) is 0 Å². The third-order valence-corrected chi connectivity index (χ3v) is 15.5. The molecule has 11 atom stereocenters. The molecule has 1 nitrogen and oxygen atoms in total. The molecule has 0 aromatic rings. The van der Waals surface area contributed by atoms with E-state index in [2.05, 4.69) is 27.7 Å². The van der Waals surface area contributed by atoms with Crippen molar-refractivity contribution in [3.05, 3.63) is 0 Å². The van der Waals surface area contributed by atoms with Gasteiger partial charge < -0.3 is 5.11 Å². The van der Waals surface area contributed by atoms with Crippen LogP contribution in [-0.4, -0.2) is 23.1 Å². The standard InChI is InChI=1S/C26H32F6O/c1-16(2)12-14-18(5,21(14)8-7-20(12,16)21)19(6)15-13-17(3,4)24(13)11(9-22(15,19)24)10-23(33,25(27,28)29)26(30,31)32/h11-15,33H,7-10H2,1-6H3. The highest BCUT2D eigenvalue weighted by atomic mass is 19.4. The van der Waals surface area contributed by atoms with E-state index in [0.29, 0.717) is 34.5 Å². The molecule has 8 saturated carbocycles. The third kappa shape index (κ3) is 1.20. The van der Waals surface area contributed by atoms with Gasteiger partial charge in [0.2, 0.25) is 0 Å². The molecule has 8 rings (SSSR count). The van der Waals surface area contributed by atoms with Crippen molar-refractivity contribution >= 4 is 0 Å². The van der Waals surface area contributed by atoms with Gasteiger partial charge in [-0.25, -0.2) is 0 Å². The molecule has 8 fully saturated rings. The average molecular weight is 475 g/mol. The Kier molecular flexibility index (Phi) is 2.58. The summed E-state index contributed by atoms with van der Waals surface area (Å²) in [5, 5.41) is 9.98. The fourth-order valence-electron chi connectivity index (χ4n) is 14.9. The lowest BCUT2D eigenvalue weighted by Gasteiger charge is -2.59. The fraction of sp³-hybridized carbons (Fsp3) is 1.00. The predicted molar refractivity (Wildman–Crippen MR) is 106 cm³/mol. The number of hydrogen-bond acceptors (Lipinski definition) is 1. The Morgan fingerprint density at radius 3 is 1.58 bits per heavy atom. The molecular formula is C26H32F6O. The molecule has 1 N–H and O–H groups in total. The van der Waals surface area contributed by atoms with E-state index >= 15 is 0 Å². The van der Waals surface area contributed by atoms with Crippen LogP contribution in [0.2, 0.25) is 0 Å². The first-order chi connectivity index (χ1) is 14.7. The first-order valence-corrected chi connectivity index (χ1v) is 12.6. The van der Waals surface area contributed by atoms with Crippen LogP contribution < -0.4 is 0 Å².